The molecule has 0 saturated carbocycles. The third-order valence-electron chi connectivity index (χ3n) is 1.74. The van der Waals surface area contributed by atoms with Crippen LogP contribution in [0.25, 0.3) is 0 Å². The maximum absolute atomic E-state index is 13.1. The third kappa shape index (κ3) is 2.05. The van der Waals surface area contributed by atoms with Gasteiger partial charge < -0.3 is 0 Å². The van der Waals surface area contributed by atoms with E-state index in [0.29, 0.717) is 6.20 Å². The number of nitrogens with zero attached hydrogens (tertiary/aromatic N) is 3. The molecule has 6 heteroatoms. The smallest absolute Gasteiger partial charge is 0.251 e. The summed E-state index contributed by atoms with van der Waals surface area (Å²) in [6.45, 7) is 0. The van der Waals surface area contributed by atoms with Crippen LogP contribution >= 0.6 is 0 Å². The zero-order valence-electron chi connectivity index (χ0n) is 7.34. The van der Waals surface area contributed by atoms with Crippen molar-refractivity contribution in [2.75, 3.05) is 0 Å². The van der Waals surface area contributed by atoms with Crippen molar-refractivity contribution >= 4 is 0 Å². The molecule has 0 N–H and O–H groups in total. The molecule has 0 bridgehead atoms. The van der Waals surface area contributed by atoms with Gasteiger partial charge in [-0.3, -0.25) is 4.98 Å². The normalized spacial score (nSPS) is 9.73. The largest absolute Gasteiger partial charge is 0.281 e. The number of hydrogen-bond donors (Lipinski definition) is 0. The summed E-state index contributed by atoms with van der Waals surface area (Å²) >= 11 is 0. The predicted molar refractivity (Wildman–Crippen MR) is 43.2 cm³/mol. The number of alkyl halides is 2. The average Bonchev–Trinajstić information content (AvgIpc) is 2.20. The van der Waals surface area contributed by atoms with Crippen LogP contribution in [0.2, 0.25) is 0 Å². The van der Waals surface area contributed by atoms with E-state index >= 15 is 0 Å². The standard InChI is InChI=1S/C9H4F3N3/c10-7-4-15-8(9(11)12)6(3-14)5(7)1-2-13/h4,9H,1H2. The van der Waals surface area contributed by atoms with Gasteiger partial charge in [0.2, 0.25) is 0 Å². The minimum Gasteiger partial charge on any atom is -0.251 e. The summed E-state index contributed by atoms with van der Waals surface area (Å²) in [5, 5.41) is 17.0. The van der Waals surface area contributed by atoms with Gasteiger partial charge >= 0.3 is 0 Å². The Bertz CT molecular complexity index is 457. The molecule has 1 rings (SSSR count). The van der Waals surface area contributed by atoms with Crippen molar-refractivity contribution in [3.05, 3.63) is 28.8 Å². The molecule has 0 aliphatic rings. The number of pyridine rings is 1. The molecule has 3 nitrogen and oxygen atoms in total. The first-order valence-electron chi connectivity index (χ1n) is 3.84. The molecular weight excluding hydrogens is 207 g/mol. The maximum Gasteiger partial charge on any atom is 0.281 e. The highest BCUT2D eigenvalue weighted by molar-refractivity contribution is 5.43. The second-order valence-corrected chi connectivity index (χ2v) is 2.59. The molecule has 0 aliphatic heterocycles. The number of rotatable bonds is 2. The quantitative estimate of drug-likeness (QED) is 0.752. The van der Waals surface area contributed by atoms with Gasteiger partial charge in [-0.1, -0.05) is 0 Å². The van der Waals surface area contributed by atoms with E-state index in [1.165, 1.54) is 6.07 Å². The van der Waals surface area contributed by atoms with Crippen LogP contribution in [-0.4, -0.2) is 4.98 Å². The molecule has 1 aromatic rings. The second-order valence-electron chi connectivity index (χ2n) is 2.59. The second kappa shape index (κ2) is 4.43. The van der Waals surface area contributed by atoms with Crippen molar-refractivity contribution in [3.63, 3.8) is 0 Å². The van der Waals surface area contributed by atoms with Crippen molar-refractivity contribution in [3.8, 4) is 12.1 Å². The molecule has 0 aromatic carbocycles. The molecular formula is C9H4F3N3. The van der Waals surface area contributed by atoms with Crippen molar-refractivity contribution in [2.24, 2.45) is 0 Å². The van der Waals surface area contributed by atoms with E-state index in [4.69, 9.17) is 10.5 Å². The lowest BCUT2D eigenvalue weighted by Crippen LogP contribution is -2.03. The van der Waals surface area contributed by atoms with Crippen molar-refractivity contribution < 1.29 is 13.2 Å². The number of hydrogen-bond acceptors (Lipinski definition) is 3. The van der Waals surface area contributed by atoms with Gasteiger partial charge in [-0.15, -0.1) is 0 Å². The zero-order valence-corrected chi connectivity index (χ0v) is 7.34. The summed E-state index contributed by atoms with van der Waals surface area (Å²) in [4.78, 5) is 3.13. The van der Waals surface area contributed by atoms with Gasteiger partial charge in [0, 0.05) is 5.56 Å². The first-order valence-corrected chi connectivity index (χ1v) is 3.84. The van der Waals surface area contributed by atoms with E-state index in [2.05, 4.69) is 4.98 Å². The zero-order chi connectivity index (χ0) is 11.4. The van der Waals surface area contributed by atoms with Crippen molar-refractivity contribution in [1.82, 2.24) is 4.98 Å². The Morgan fingerprint density at radius 1 is 1.40 bits per heavy atom. The van der Waals surface area contributed by atoms with E-state index in [1.807, 2.05) is 0 Å². The first kappa shape index (κ1) is 11.0. The first-order chi connectivity index (χ1) is 7.11. The average molecular weight is 211 g/mol. The molecule has 0 fully saturated rings. The lowest BCUT2D eigenvalue weighted by molar-refractivity contribution is 0.145. The monoisotopic (exact) mass is 211 g/mol. The highest BCUT2D eigenvalue weighted by Gasteiger charge is 2.20. The minimum atomic E-state index is -2.96. The minimum absolute atomic E-state index is 0.328. The molecule has 0 atom stereocenters. The summed E-state index contributed by atoms with van der Waals surface area (Å²) in [6, 6.07) is 3.04. The van der Waals surface area contributed by atoms with Crippen LogP contribution in [0.1, 0.15) is 23.2 Å². The molecule has 0 radical (unpaired) electrons. The van der Waals surface area contributed by atoms with Crippen LogP contribution in [0.5, 0.6) is 0 Å². The van der Waals surface area contributed by atoms with Gasteiger partial charge in [-0.25, -0.2) is 13.2 Å². The van der Waals surface area contributed by atoms with Crippen molar-refractivity contribution in [2.45, 2.75) is 12.8 Å². The van der Waals surface area contributed by atoms with Crippen LogP contribution in [-0.2, 0) is 6.42 Å². The Morgan fingerprint density at radius 3 is 2.53 bits per heavy atom. The van der Waals surface area contributed by atoms with Gasteiger partial charge in [0.1, 0.15) is 17.6 Å². The lowest BCUT2D eigenvalue weighted by Gasteiger charge is -2.05. The fourth-order valence-electron chi connectivity index (χ4n) is 1.08. The van der Waals surface area contributed by atoms with E-state index < -0.39 is 29.9 Å². The van der Waals surface area contributed by atoms with Gasteiger partial charge in [-0.2, -0.15) is 10.5 Å². The van der Waals surface area contributed by atoms with Gasteiger partial charge in [0.05, 0.1) is 24.3 Å². The van der Waals surface area contributed by atoms with Crippen LogP contribution < -0.4 is 0 Å². The van der Waals surface area contributed by atoms with Crippen LogP contribution in [0.3, 0.4) is 0 Å². The molecule has 0 saturated heterocycles. The molecule has 0 aliphatic carbocycles. The summed E-state index contributed by atoms with van der Waals surface area (Å²) in [6.07, 6.45) is -2.80. The third-order valence-corrected chi connectivity index (χ3v) is 1.74. The maximum atomic E-state index is 13.1. The Balaban J connectivity index is 3.43. The van der Waals surface area contributed by atoms with E-state index in [1.54, 1.807) is 6.07 Å². The molecule has 0 unspecified atom stereocenters. The van der Waals surface area contributed by atoms with Crippen LogP contribution in [0, 0.1) is 28.5 Å². The predicted octanol–water partition coefficient (Wildman–Crippen LogP) is 2.10. The van der Waals surface area contributed by atoms with Gasteiger partial charge in [0.15, 0.2) is 0 Å². The highest BCUT2D eigenvalue weighted by atomic mass is 19.3. The molecule has 0 spiro atoms. The Morgan fingerprint density at radius 2 is 2.07 bits per heavy atom. The SMILES string of the molecule is N#CCc1c(F)cnc(C(F)F)c1C#N. The number of aromatic nitrogens is 1. The summed E-state index contributed by atoms with van der Waals surface area (Å²) in [7, 11) is 0. The molecule has 0 amide bonds. The molecule has 15 heavy (non-hydrogen) atoms. The summed E-state index contributed by atoms with van der Waals surface area (Å²) in [5.74, 6) is -0.919. The number of nitriles is 2. The molecule has 76 valence electrons. The highest BCUT2D eigenvalue weighted by Crippen LogP contribution is 2.24. The van der Waals surface area contributed by atoms with E-state index in [9.17, 15) is 13.2 Å². The van der Waals surface area contributed by atoms with E-state index in [0.717, 1.165) is 0 Å². The Labute approximate surface area is 83.4 Å². The Hall–Kier alpha value is -2.08. The van der Waals surface area contributed by atoms with Gasteiger partial charge in [-0.05, 0) is 0 Å². The summed E-state index contributed by atoms with van der Waals surface area (Å²) in [5.41, 5.74) is -1.67. The van der Waals surface area contributed by atoms with Gasteiger partial charge in [0.25, 0.3) is 6.43 Å². The molecule has 1 aromatic heterocycles. The van der Waals surface area contributed by atoms with Crippen LogP contribution in [0.4, 0.5) is 13.2 Å². The lowest BCUT2D eigenvalue weighted by atomic mass is 10.0. The number of halogens is 3. The fourth-order valence-corrected chi connectivity index (χ4v) is 1.08. The van der Waals surface area contributed by atoms with E-state index in [-0.39, 0.29) is 5.56 Å². The topological polar surface area (TPSA) is 60.5 Å². The van der Waals surface area contributed by atoms with Crippen molar-refractivity contribution in [1.29, 1.82) is 10.5 Å². The summed E-state index contributed by atoms with van der Waals surface area (Å²) < 4.78 is 37.8. The fraction of sp³-hybridized carbons (Fsp3) is 0.222. The molecule has 1 heterocycles. The van der Waals surface area contributed by atoms with Crippen LogP contribution in [0.15, 0.2) is 6.20 Å². The Kier molecular flexibility index (Phi) is 3.25.